The zero-order valence-corrected chi connectivity index (χ0v) is 17.5. The van der Waals surface area contributed by atoms with Gasteiger partial charge < -0.3 is 14.9 Å². The van der Waals surface area contributed by atoms with Crippen LogP contribution in [0.4, 0.5) is 0 Å². The van der Waals surface area contributed by atoms with Crippen LogP contribution in [0.1, 0.15) is 80.8 Å². The number of hydrogen-bond acceptors (Lipinski definition) is 5. The molecule has 27 heavy (non-hydrogen) atoms. The van der Waals surface area contributed by atoms with Gasteiger partial charge in [0.25, 0.3) is 0 Å². The van der Waals surface area contributed by atoms with Crippen molar-refractivity contribution in [1.82, 2.24) is 0 Å². The fourth-order valence-electron chi connectivity index (χ4n) is 2.75. The largest absolute Gasteiger partial charge is 0.507 e. The van der Waals surface area contributed by atoms with Crippen LogP contribution in [0.15, 0.2) is 0 Å². The first-order valence-corrected chi connectivity index (χ1v) is 9.84. The standard InChI is InChI=1S/C21H31ClO5/c1-14-16(13-23)18(24)15(19(25)17(14)22)11-9-7-5-6-8-10-12-27-20(26)21(2,3)4/h13,24-25H,5-12H2,1-4H3. The van der Waals surface area contributed by atoms with Crippen molar-refractivity contribution in [3.63, 3.8) is 0 Å². The molecule has 152 valence electrons. The molecule has 0 aliphatic heterocycles. The van der Waals surface area contributed by atoms with Gasteiger partial charge in [0, 0.05) is 5.56 Å². The lowest BCUT2D eigenvalue weighted by Gasteiger charge is -2.16. The van der Waals surface area contributed by atoms with Gasteiger partial charge in [0.2, 0.25) is 0 Å². The fourth-order valence-corrected chi connectivity index (χ4v) is 2.97. The molecular formula is C21H31ClO5. The molecule has 0 amide bonds. The van der Waals surface area contributed by atoms with Crippen molar-refractivity contribution in [3.05, 3.63) is 21.7 Å². The van der Waals surface area contributed by atoms with Crippen molar-refractivity contribution in [2.45, 2.75) is 72.6 Å². The monoisotopic (exact) mass is 398 g/mol. The quantitative estimate of drug-likeness (QED) is 0.315. The first-order valence-electron chi connectivity index (χ1n) is 9.46. The Bertz CT molecular complexity index is 662. The van der Waals surface area contributed by atoms with E-state index in [1.165, 1.54) is 0 Å². The number of rotatable bonds is 10. The molecule has 0 heterocycles. The van der Waals surface area contributed by atoms with Crippen LogP contribution in [0.2, 0.25) is 5.02 Å². The van der Waals surface area contributed by atoms with Crippen molar-refractivity contribution >= 4 is 23.9 Å². The molecule has 0 atom stereocenters. The number of phenols is 2. The minimum absolute atomic E-state index is 0.120. The Labute approximate surface area is 166 Å². The van der Waals surface area contributed by atoms with E-state index < -0.39 is 5.41 Å². The molecule has 0 spiro atoms. The second kappa shape index (κ2) is 10.5. The summed E-state index contributed by atoms with van der Waals surface area (Å²) in [5, 5.41) is 20.4. The summed E-state index contributed by atoms with van der Waals surface area (Å²) in [7, 11) is 0. The summed E-state index contributed by atoms with van der Waals surface area (Å²) in [6.07, 6.45) is 6.60. The molecule has 1 rings (SSSR count). The van der Waals surface area contributed by atoms with Gasteiger partial charge in [0.15, 0.2) is 6.29 Å². The summed E-state index contributed by atoms with van der Waals surface area (Å²) >= 11 is 6.04. The third-order valence-corrected chi connectivity index (χ3v) is 5.01. The van der Waals surface area contributed by atoms with Crippen molar-refractivity contribution in [1.29, 1.82) is 0 Å². The number of carbonyl (C=O) groups is 2. The topological polar surface area (TPSA) is 83.8 Å². The van der Waals surface area contributed by atoms with Gasteiger partial charge in [0.05, 0.1) is 22.6 Å². The number of halogens is 1. The summed E-state index contributed by atoms with van der Waals surface area (Å²) < 4.78 is 5.23. The number of unbranched alkanes of at least 4 members (excludes halogenated alkanes) is 5. The van der Waals surface area contributed by atoms with Crippen LogP contribution in [0.5, 0.6) is 11.5 Å². The van der Waals surface area contributed by atoms with Crippen molar-refractivity contribution < 1.29 is 24.5 Å². The molecule has 0 aliphatic rings. The zero-order chi connectivity index (χ0) is 20.6. The van der Waals surface area contributed by atoms with Gasteiger partial charge in [-0.1, -0.05) is 37.3 Å². The Balaban J connectivity index is 2.31. The summed E-state index contributed by atoms with van der Waals surface area (Å²) in [5.41, 5.74) is 0.400. The van der Waals surface area contributed by atoms with Crippen LogP contribution in [0.25, 0.3) is 0 Å². The van der Waals surface area contributed by atoms with E-state index in [0.717, 1.165) is 38.5 Å². The van der Waals surface area contributed by atoms with Crippen molar-refractivity contribution in [2.75, 3.05) is 6.61 Å². The molecule has 0 radical (unpaired) electrons. The molecular weight excluding hydrogens is 368 g/mol. The minimum Gasteiger partial charge on any atom is -0.507 e. The second-order valence-electron chi connectivity index (χ2n) is 7.90. The molecule has 0 aromatic heterocycles. The summed E-state index contributed by atoms with van der Waals surface area (Å²) in [6, 6.07) is 0. The highest BCUT2D eigenvalue weighted by atomic mass is 35.5. The normalized spacial score (nSPS) is 11.4. The lowest BCUT2D eigenvalue weighted by atomic mass is 9.97. The highest BCUT2D eigenvalue weighted by Crippen LogP contribution is 2.40. The van der Waals surface area contributed by atoms with E-state index in [1.807, 2.05) is 20.8 Å². The Hall–Kier alpha value is -1.75. The van der Waals surface area contributed by atoms with Gasteiger partial charge in [-0.15, -0.1) is 0 Å². The zero-order valence-electron chi connectivity index (χ0n) is 16.7. The highest BCUT2D eigenvalue weighted by Gasteiger charge is 2.22. The van der Waals surface area contributed by atoms with E-state index in [0.29, 0.717) is 30.4 Å². The van der Waals surface area contributed by atoms with Crippen LogP contribution in [-0.2, 0) is 16.0 Å². The maximum absolute atomic E-state index is 11.6. The Morgan fingerprint density at radius 3 is 2.15 bits per heavy atom. The van der Waals surface area contributed by atoms with Crippen LogP contribution in [0.3, 0.4) is 0 Å². The Morgan fingerprint density at radius 2 is 1.59 bits per heavy atom. The number of hydrogen-bond donors (Lipinski definition) is 2. The molecule has 0 saturated carbocycles. The van der Waals surface area contributed by atoms with Gasteiger partial charge in [0.1, 0.15) is 11.5 Å². The van der Waals surface area contributed by atoms with Crippen molar-refractivity contribution in [2.24, 2.45) is 5.41 Å². The predicted molar refractivity (Wildman–Crippen MR) is 107 cm³/mol. The SMILES string of the molecule is Cc1c(Cl)c(O)c(CCCCCCCCOC(=O)C(C)(C)C)c(O)c1C=O. The molecule has 2 N–H and O–H groups in total. The lowest BCUT2D eigenvalue weighted by molar-refractivity contribution is -0.153. The van der Waals surface area contributed by atoms with Crippen LogP contribution >= 0.6 is 11.6 Å². The molecule has 1 aromatic carbocycles. The van der Waals surface area contributed by atoms with Crippen LogP contribution in [0, 0.1) is 12.3 Å². The predicted octanol–water partition coefficient (Wildman–Crippen LogP) is 5.34. The Morgan fingerprint density at radius 1 is 1.04 bits per heavy atom. The number of ether oxygens (including phenoxy) is 1. The third-order valence-electron chi connectivity index (χ3n) is 4.55. The average molecular weight is 399 g/mol. The summed E-state index contributed by atoms with van der Waals surface area (Å²) in [6.45, 7) is 7.56. The number of aldehydes is 1. The van der Waals surface area contributed by atoms with Crippen LogP contribution < -0.4 is 0 Å². The maximum Gasteiger partial charge on any atom is 0.311 e. The first kappa shape index (κ1) is 23.3. The van der Waals surface area contributed by atoms with Crippen LogP contribution in [-0.4, -0.2) is 29.1 Å². The lowest BCUT2D eigenvalue weighted by Crippen LogP contribution is -2.23. The van der Waals surface area contributed by atoms with Gasteiger partial charge >= 0.3 is 5.97 Å². The molecule has 5 nitrogen and oxygen atoms in total. The average Bonchev–Trinajstić information content (AvgIpc) is 2.60. The molecule has 1 aromatic rings. The molecule has 0 saturated heterocycles. The van der Waals surface area contributed by atoms with E-state index in [1.54, 1.807) is 6.92 Å². The minimum atomic E-state index is -0.459. The summed E-state index contributed by atoms with van der Waals surface area (Å²) in [5.74, 6) is -0.489. The Kier molecular flexibility index (Phi) is 9.10. The smallest absolute Gasteiger partial charge is 0.311 e. The highest BCUT2D eigenvalue weighted by molar-refractivity contribution is 6.33. The number of aromatic hydroxyl groups is 2. The van der Waals surface area contributed by atoms with E-state index in [4.69, 9.17) is 16.3 Å². The summed E-state index contributed by atoms with van der Waals surface area (Å²) in [4.78, 5) is 22.8. The number of benzene rings is 1. The van der Waals surface area contributed by atoms with Crippen molar-refractivity contribution in [3.8, 4) is 11.5 Å². The maximum atomic E-state index is 11.6. The molecule has 0 bridgehead atoms. The van der Waals surface area contributed by atoms with E-state index >= 15 is 0 Å². The fraction of sp³-hybridized carbons (Fsp3) is 0.619. The van der Waals surface area contributed by atoms with E-state index in [2.05, 4.69) is 0 Å². The molecule has 0 aliphatic carbocycles. The molecule has 0 fully saturated rings. The molecule has 0 unspecified atom stereocenters. The third kappa shape index (κ3) is 6.73. The van der Waals surface area contributed by atoms with Gasteiger partial charge in [-0.05, 0) is 52.5 Å². The van der Waals surface area contributed by atoms with Gasteiger partial charge in [-0.2, -0.15) is 0 Å². The molecule has 6 heteroatoms. The van der Waals surface area contributed by atoms with Gasteiger partial charge in [-0.3, -0.25) is 9.59 Å². The number of phenolic OH excluding ortho intramolecular Hbond substituents is 2. The first-order chi connectivity index (χ1) is 12.6. The number of esters is 1. The number of carbonyl (C=O) groups excluding carboxylic acids is 2. The second-order valence-corrected chi connectivity index (χ2v) is 8.28. The van der Waals surface area contributed by atoms with E-state index in [9.17, 15) is 19.8 Å². The van der Waals surface area contributed by atoms with Gasteiger partial charge in [-0.25, -0.2) is 0 Å². The van der Waals surface area contributed by atoms with E-state index in [-0.39, 0.29) is 28.1 Å².